The number of unbranched alkanes of at least 4 members (excludes halogenated alkanes) is 26. The molecule has 0 bridgehead atoms. The second-order valence-electron chi connectivity index (χ2n) is 23.6. The molecule has 0 radical (unpaired) electrons. The van der Waals surface area contributed by atoms with Crippen molar-refractivity contribution in [1.29, 1.82) is 0 Å². The molecule has 0 saturated heterocycles. The van der Waals surface area contributed by atoms with Crippen molar-refractivity contribution in [3.8, 4) is 0 Å². The molecule has 0 aliphatic carbocycles. The summed E-state index contributed by atoms with van der Waals surface area (Å²) in [7, 11) is -4.23. The van der Waals surface area contributed by atoms with Crippen molar-refractivity contribution in [3.63, 3.8) is 0 Å². The van der Waals surface area contributed by atoms with Gasteiger partial charge < -0.3 is 99.6 Å². The Hall–Kier alpha value is -0.690. The van der Waals surface area contributed by atoms with E-state index in [0.717, 1.165) is 26.1 Å². The number of phosphoric acid groups is 1. The van der Waals surface area contributed by atoms with Crippen molar-refractivity contribution < 1.29 is 113 Å². The van der Waals surface area contributed by atoms with Crippen molar-refractivity contribution in [2.75, 3.05) is 277 Å². The van der Waals surface area contributed by atoms with Gasteiger partial charge in [-0.3, -0.25) is 9.05 Å². The maximum atomic E-state index is 12.1. The normalized spacial score (nSPS) is 12.0. The highest BCUT2D eigenvalue weighted by Gasteiger charge is 2.20. The number of hydrogen-bond donors (Lipinski definition) is 1. The van der Waals surface area contributed by atoms with Gasteiger partial charge in [0.2, 0.25) is 0 Å². The van der Waals surface area contributed by atoms with E-state index in [9.17, 15) is 9.46 Å². The molecule has 0 aromatic carbocycles. The Morgan fingerprint density at radius 3 is 0.392 bits per heavy atom. The zero-order chi connectivity index (χ0) is 69.6. The summed E-state index contributed by atoms with van der Waals surface area (Å²) in [5, 5.41) is 0. The van der Waals surface area contributed by atoms with Gasteiger partial charge in [0.25, 0.3) is 0 Å². The summed E-state index contributed by atoms with van der Waals surface area (Å²) in [6.45, 7) is 23.3. The Morgan fingerprint density at radius 2 is 0.258 bits per heavy atom. The maximum Gasteiger partial charge on any atom is 0.472 e. The molecular formula is C72H147O24P. The molecular weight excluding hydrogens is 1280 g/mol. The van der Waals surface area contributed by atoms with Crippen LogP contribution in [0.1, 0.15) is 194 Å². The molecule has 0 amide bonds. The number of hydrogen-bond acceptors (Lipinski definition) is 23. The Bertz CT molecular complexity index is 1340. The lowest BCUT2D eigenvalue weighted by molar-refractivity contribution is -0.0272. The summed E-state index contributed by atoms with van der Waals surface area (Å²) in [5.41, 5.74) is 0. The SMILES string of the molecule is CCCCCCCCCCCCCCCCOCCOCCOCCOCCOCCOCCOCCOCCOCCOCCOP(=O)(O)OCCOCCOCCOCCOCCOCCOCCOCCOCCOCCOCCCCCCCCCCCCCCCC. The van der Waals surface area contributed by atoms with Gasteiger partial charge in [0.05, 0.1) is 264 Å². The van der Waals surface area contributed by atoms with Gasteiger partial charge in [-0.1, -0.05) is 181 Å². The molecule has 0 fully saturated rings. The predicted octanol–water partition coefficient (Wildman–Crippen LogP) is 12.4. The molecule has 0 spiro atoms. The van der Waals surface area contributed by atoms with Gasteiger partial charge >= 0.3 is 7.82 Å². The molecule has 0 aromatic rings. The molecule has 0 aromatic heterocycles. The highest BCUT2D eigenvalue weighted by atomic mass is 31.2. The predicted molar refractivity (Wildman–Crippen MR) is 379 cm³/mol. The van der Waals surface area contributed by atoms with Gasteiger partial charge in [-0.25, -0.2) is 4.57 Å². The fraction of sp³-hybridized carbons (Fsp3) is 1.00. The summed E-state index contributed by atoms with van der Waals surface area (Å²) in [6, 6.07) is 0. The molecule has 0 atom stereocenters. The van der Waals surface area contributed by atoms with Gasteiger partial charge in [0.1, 0.15) is 0 Å². The van der Waals surface area contributed by atoms with Crippen molar-refractivity contribution in [3.05, 3.63) is 0 Å². The molecule has 0 aliphatic heterocycles. The average molecular weight is 1430 g/mol. The van der Waals surface area contributed by atoms with Crippen molar-refractivity contribution in [2.24, 2.45) is 0 Å². The van der Waals surface area contributed by atoms with Crippen LogP contribution in [0.5, 0.6) is 0 Å². The van der Waals surface area contributed by atoms with E-state index in [1.54, 1.807) is 0 Å². The Balaban J connectivity index is 3.19. The first kappa shape index (κ1) is 96.3. The van der Waals surface area contributed by atoms with Gasteiger partial charge in [0, 0.05) is 13.2 Å². The van der Waals surface area contributed by atoms with E-state index in [1.165, 1.54) is 167 Å². The summed E-state index contributed by atoms with van der Waals surface area (Å²) in [4.78, 5) is 9.87. The third kappa shape index (κ3) is 91.4. The second-order valence-corrected chi connectivity index (χ2v) is 25.0. The summed E-state index contributed by atoms with van der Waals surface area (Å²) < 4.78 is 133. The van der Waals surface area contributed by atoms with Crippen molar-refractivity contribution in [2.45, 2.75) is 194 Å². The molecule has 0 heterocycles. The fourth-order valence-corrected chi connectivity index (χ4v) is 10.1. The van der Waals surface area contributed by atoms with E-state index in [4.69, 9.17) is 104 Å². The molecule has 584 valence electrons. The van der Waals surface area contributed by atoms with Crippen molar-refractivity contribution in [1.82, 2.24) is 0 Å². The number of ether oxygens (including phenoxy) is 20. The minimum Gasteiger partial charge on any atom is -0.379 e. The van der Waals surface area contributed by atoms with Crippen LogP contribution in [0.2, 0.25) is 0 Å². The Morgan fingerprint density at radius 1 is 0.155 bits per heavy atom. The summed E-state index contributed by atoms with van der Waals surface area (Å²) in [5.74, 6) is 0. The second kappa shape index (κ2) is 89.5. The zero-order valence-electron chi connectivity index (χ0n) is 61.8. The molecule has 0 aliphatic rings. The van der Waals surface area contributed by atoms with Crippen LogP contribution in [0.15, 0.2) is 0 Å². The highest BCUT2D eigenvalue weighted by Crippen LogP contribution is 2.42. The van der Waals surface area contributed by atoms with Gasteiger partial charge in [-0.15, -0.1) is 0 Å². The van der Waals surface area contributed by atoms with Crippen LogP contribution >= 0.6 is 7.82 Å². The maximum absolute atomic E-state index is 12.1. The first-order valence-electron chi connectivity index (χ1n) is 38.3. The first-order valence-corrected chi connectivity index (χ1v) is 39.8. The number of phosphoric ester groups is 1. The van der Waals surface area contributed by atoms with E-state index >= 15 is 0 Å². The van der Waals surface area contributed by atoms with E-state index in [0.29, 0.717) is 238 Å². The standard InChI is InChI=1S/C72H147O24P/c1-3-5-7-9-11-13-15-17-19-21-23-25-27-29-31-75-33-35-77-37-39-79-41-43-81-45-47-83-49-51-85-53-55-87-57-59-89-61-63-91-65-67-93-69-71-95-97(73,74)96-72-70-94-68-66-92-64-62-90-60-58-88-56-54-86-52-50-84-48-46-82-44-42-80-40-38-78-36-34-76-32-30-28-26-24-22-20-18-16-14-12-10-8-6-4-2/h3-72H2,1-2H3,(H,73,74). The highest BCUT2D eigenvalue weighted by molar-refractivity contribution is 7.47. The topological polar surface area (TPSA) is 240 Å². The van der Waals surface area contributed by atoms with Crippen LogP contribution in [-0.2, 0) is 108 Å². The minimum absolute atomic E-state index is 0.0991. The zero-order valence-corrected chi connectivity index (χ0v) is 62.7. The fourth-order valence-electron chi connectivity index (χ4n) is 9.42. The van der Waals surface area contributed by atoms with E-state index < -0.39 is 7.82 Å². The van der Waals surface area contributed by atoms with E-state index in [1.807, 2.05) is 0 Å². The smallest absolute Gasteiger partial charge is 0.379 e. The van der Waals surface area contributed by atoms with Gasteiger partial charge in [-0.2, -0.15) is 0 Å². The largest absolute Gasteiger partial charge is 0.472 e. The van der Waals surface area contributed by atoms with Crippen LogP contribution in [-0.4, -0.2) is 282 Å². The minimum atomic E-state index is -4.23. The molecule has 0 rings (SSSR count). The van der Waals surface area contributed by atoms with Crippen LogP contribution in [0, 0.1) is 0 Å². The Labute approximate surface area is 589 Å². The third-order valence-electron chi connectivity index (χ3n) is 14.9. The average Bonchev–Trinajstić information content (AvgIpc) is 3.80. The third-order valence-corrected chi connectivity index (χ3v) is 16.0. The number of rotatable bonds is 92. The quantitative estimate of drug-likeness (QED) is 0.0440. The van der Waals surface area contributed by atoms with E-state index in [-0.39, 0.29) is 26.4 Å². The molecule has 0 unspecified atom stereocenters. The Kier molecular flexibility index (Phi) is 88.9. The molecule has 0 saturated carbocycles. The van der Waals surface area contributed by atoms with Crippen LogP contribution in [0.25, 0.3) is 0 Å². The molecule has 97 heavy (non-hydrogen) atoms. The molecule has 24 nitrogen and oxygen atoms in total. The lowest BCUT2D eigenvalue weighted by atomic mass is 10.0. The first-order chi connectivity index (χ1) is 48.1. The van der Waals surface area contributed by atoms with Crippen LogP contribution < -0.4 is 0 Å². The molecule has 25 heteroatoms. The summed E-state index contributed by atoms with van der Waals surface area (Å²) in [6.07, 6.45) is 38.2. The lowest BCUT2D eigenvalue weighted by Gasteiger charge is -2.12. The monoisotopic (exact) mass is 1430 g/mol. The lowest BCUT2D eigenvalue weighted by Crippen LogP contribution is -2.15. The summed E-state index contributed by atoms with van der Waals surface area (Å²) >= 11 is 0. The van der Waals surface area contributed by atoms with Crippen molar-refractivity contribution >= 4 is 7.82 Å². The molecule has 1 N–H and O–H groups in total. The van der Waals surface area contributed by atoms with Crippen LogP contribution in [0.4, 0.5) is 0 Å². The van der Waals surface area contributed by atoms with E-state index in [2.05, 4.69) is 13.8 Å². The van der Waals surface area contributed by atoms with Gasteiger partial charge in [-0.05, 0) is 12.8 Å². The van der Waals surface area contributed by atoms with Gasteiger partial charge in [0.15, 0.2) is 0 Å². The van der Waals surface area contributed by atoms with Crippen LogP contribution in [0.3, 0.4) is 0 Å².